The number of pyridine rings is 1. The molecule has 1 aliphatic heterocycles. The summed E-state index contributed by atoms with van der Waals surface area (Å²) in [6, 6.07) is 7.76. The van der Waals surface area contributed by atoms with Crippen molar-refractivity contribution in [3.63, 3.8) is 0 Å². The van der Waals surface area contributed by atoms with Crippen LogP contribution >= 0.6 is 0 Å². The molecule has 2 aromatic heterocycles. The van der Waals surface area contributed by atoms with Crippen molar-refractivity contribution >= 4 is 11.7 Å². The molecule has 1 amide bonds. The summed E-state index contributed by atoms with van der Waals surface area (Å²) in [6.45, 7) is 3.19. The van der Waals surface area contributed by atoms with Crippen molar-refractivity contribution in [2.45, 2.75) is 12.8 Å². The Morgan fingerprint density at radius 1 is 1.19 bits per heavy atom. The number of aromatic nitrogens is 3. The minimum absolute atomic E-state index is 0.192. The van der Waals surface area contributed by atoms with Crippen LogP contribution in [0.3, 0.4) is 0 Å². The Morgan fingerprint density at radius 2 is 2.00 bits per heavy atom. The number of rotatable bonds is 6. The van der Waals surface area contributed by atoms with Crippen molar-refractivity contribution in [3.8, 4) is 11.8 Å². The van der Waals surface area contributed by atoms with E-state index in [0.29, 0.717) is 49.5 Å². The van der Waals surface area contributed by atoms with Gasteiger partial charge in [0.05, 0.1) is 30.5 Å². The van der Waals surface area contributed by atoms with Gasteiger partial charge in [-0.25, -0.2) is 9.37 Å². The lowest BCUT2D eigenvalue weighted by molar-refractivity contribution is 0.0952. The molecule has 1 fully saturated rings. The molecule has 1 aliphatic rings. The summed E-state index contributed by atoms with van der Waals surface area (Å²) >= 11 is 0. The van der Waals surface area contributed by atoms with Crippen LogP contribution < -0.4 is 10.2 Å². The van der Waals surface area contributed by atoms with E-state index in [4.69, 9.17) is 4.74 Å². The zero-order chi connectivity index (χ0) is 22.2. The van der Waals surface area contributed by atoms with Gasteiger partial charge in [-0.15, -0.1) is 0 Å². The van der Waals surface area contributed by atoms with Crippen LogP contribution in [-0.4, -0.2) is 53.9 Å². The van der Waals surface area contributed by atoms with Gasteiger partial charge >= 0.3 is 0 Å². The van der Waals surface area contributed by atoms with E-state index in [9.17, 15) is 9.18 Å². The maximum atomic E-state index is 13.2. The summed E-state index contributed by atoms with van der Waals surface area (Å²) in [5.41, 5.74) is 2.90. The van der Waals surface area contributed by atoms with Crippen LogP contribution in [0.25, 0.3) is 0 Å². The molecule has 1 aromatic carbocycles. The average Bonchev–Trinajstić information content (AvgIpc) is 3.35. The maximum absolute atomic E-state index is 13.2. The van der Waals surface area contributed by atoms with Crippen LogP contribution in [0.4, 0.5) is 10.2 Å². The summed E-state index contributed by atoms with van der Waals surface area (Å²) < 4.78 is 18.6. The first kappa shape index (κ1) is 21.5. The Bertz CT molecular complexity index is 1100. The van der Waals surface area contributed by atoms with Crippen molar-refractivity contribution in [2.75, 3.05) is 37.7 Å². The number of anilines is 1. The number of H-pyrrole nitrogens is 1. The monoisotopic (exact) mass is 433 g/mol. The van der Waals surface area contributed by atoms with E-state index >= 15 is 0 Å². The van der Waals surface area contributed by atoms with Crippen molar-refractivity contribution in [3.05, 3.63) is 77.0 Å². The fraction of sp³-hybridized carbons (Fsp3) is 0.292. The molecule has 0 atom stereocenters. The number of morpholine rings is 1. The van der Waals surface area contributed by atoms with Crippen molar-refractivity contribution < 1.29 is 13.9 Å². The molecule has 32 heavy (non-hydrogen) atoms. The van der Waals surface area contributed by atoms with E-state index in [1.54, 1.807) is 30.6 Å². The third-order valence-electron chi connectivity index (χ3n) is 5.11. The highest BCUT2D eigenvalue weighted by molar-refractivity contribution is 5.94. The Balaban J connectivity index is 1.49. The highest BCUT2D eigenvalue weighted by atomic mass is 19.1. The molecule has 0 saturated carbocycles. The third kappa shape index (κ3) is 5.71. The van der Waals surface area contributed by atoms with Crippen molar-refractivity contribution in [1.29, 1.82) is 0 Å². The Morgan fingerprint density at radius 3 is 2.75 bits per heavy atom. The molecule has 3 heterocycles. The van der Waals surface area contributed by atoms with Crippen LogP contribution in [-0.2, 0) is 11.2 Å². The van der Waals surface area contributed by atoms with Gasteiger partial charge in [-0.05, 0) is 48.7 Å². The average molecular weight is 433 g/mol. The molecule has 164 valence electrons. The number of aromatic amines is 1. The largest absolute Gasteiger partial charge is 0.378 e. The number of nitrogens with zero attached hydrogens (tertiary/aromatic N) is 3. The van der Waals surface area contributed by atoms with Crippen LogP contribution in [0, 0.1) is 17.7 Å². The molecule has 0 unspecified atom stereocenters. The highest BCUT2D eigenvalue weighted by Crippen LogP contribution is 2.20. The number of hydrogen-bond acceptors (Lipinski definition) is 5. The van der Waals surface area contributed by atoms with Crippen LogP contribution in [0.5, 0.6) is 0 Å². The van der Waals surface area contributed by atoms with Crippen LogP contribution in [0.1, 0.15) is 33.5 Å². The number of carbonyl (C=O) groups excluding carboxylic acids is 1. The SMILES string of the molecule is O=C(NCCCc1cn[nH]c1)c1cnc(N2CCOCC2)c(C#Cc2ccc(F)cc2)c1. The molecule has 2 N–H and O–H groups in total. The molecule has 0 radical (unpaired) electrons. The molecule has 8 heteroatoms. The minimum atomic E-state index is -0.308. The van der Waals surface area contributed by atoms with Gasteiger partial charge < -0.3 is 15.0 Å². The number of amides is 1. The van der Waals surface area contributed by atoms with Crippen molar-refractivity contribution in [2.24, 2.45) is 0 Å². The number of aryl methyl sites for hydroxylation is 1. The summed E-state index contributed by atoms with van der Waals surface area (Å²) in [5, 5.41) is 9.64. The zero-order valence-corrected chi connectivity index (χ0v) is 17.6. The third-order valence-corrected chi connectivity index (χ3v) is 5.11. The lowest BCUT2D eigenvalue weighted by Crippen LogP contribution is -2.37. The zero-order valence-electron chi connectivity index (χ0n) is 17.6. The van der Waals surface area contributed by atoms with E-state index in [1.807, 2.05) is 6.20 Å². The van der Waals surface area contributed by atoms with Gasteiger partial charge in [0.1, 0.15) is 11.6 Å². The van der Waals surface area contributed by atoms with Gasteiger partial charge in [0.2, 0.25) is 0 Å². The number of ether oxygens (including phenoxy) is 1. The molecule has 4 rings (SSSR count). The van der Waals surface area contributed by atoms with Gasteiger partial charge in [0.15, 0.2) is 0 Å². The summed E-state index contributed by atoms with van der Waals surface area (Å²) in [7, 11) is 0. The van der Waals surface area contributed by atoms with Crippen LogP contribution in [0.2, 0.25) is 0 Å². The second-order valence-corrected chi connectivity index (χ2v) is 7.42. The quantitative estimate of drug-likeness (QED) is 0.461. The second kappa shape index (κ2) is 10.6. The van der Waals surface area contributed by atoms with E-state index < -0.39 is 0 Å². The molecule has 0 bridgehead atoms. The van der Waals surface area contributed by atoms with Crippen LogP contribution in [0.15, 0.2) is 48.9 Å². The van der Waals surface area contributed by atoms with E-state index in [1.165, 1.54) is 12.1 Å². The number of halogens is 1. The number of carbonyl (C=O) groups is 1. The van der Waals surface area contributed by atoms with Gasteiger partial charge in [-0.3, -0.25) is 9.89 Å². The molecule has 3 aromatic rings. The van der Waals surface area contributed by atoms with Crippen molar-refractivity contribution in [1.82, 2.24) is 20.5 Å². The van der Waals surface area contributed by atoms with E-state index in [2.05, 4.69) is 37.2 Å². The van der Waals surface area contributed by atoms with Gasteiger partial charge in [0.25, 0.3) is 5.91 Å². The summed E-state index contributed by atoms with van der Waals surface area (Å²) in [6.07, 6.45) is 6.85. The first-order chi connectivity index (χ1) is 15.7. The minimum Gasteiger partial charge on any atom is -0.378 e. The summed E-state index contributed by atoms with van der Waals surface area (Å²) in [5.74, 6) is 6.39. The number of nitrogens with one attached hydrogen (secondary N) is 2. The number of hydrogen-bond donors (Lipinski definition) is 2. The first-order valence-electron chi connectivity index (χ1n) is 10.6. The molecule has 1 saturated heterocycles. The fourth-order valence-corrected chi connectivity index (χ4v) is 3.38. The predicted molar refractivity (Wildman–Crippen MR) is 119 cm³/mol. The molecule has 0 aliphatic carbocycles. The predicted octanol–water partition coefficient (Wildman–Crippen LogP) is 2.54. The lowest BCUT2D eigenvalue weighted by atomic mass is 10.1. The van der Waals surface area contributed by atoms with Gasteiger partial charge in [-0.1, -0.05) is 11.8 Å². The van der Waals surface area contributed by atoms with Gasteiger partial charge in [-0.2, -0.15) is 5.10 Å². The Labute approximate surface area is 186 Å². The molecule has 0 spiro atoms. The molecular formula is C24H24FN5O2. The molecular weight excluding hydrogens is 409 g/mol. The topological polar surface area (TPSA) is 83.1 Å². The first-order valence-corrected chi connectivity index (χ1v) is 10.6. The Kier molecular flexibility index (Phi) is 7.10. The summed E-state index contributed by atoms with van der Waals surface area (Å²) in [4.78, 5) is 19.3. The lowest BCUT2D eigenvalue weighted by Gasteiger charge is -2.28. The molecule has 7 nitrogen and oxygen atoms in total. The highest BCUT2D eigenvalue weighted by Gasteiger charge is 2.17. The second-order valence-electron chi connectivity index (χ2n) is 7.42. The normalized spacial score (nSPS) is 13.3. The fourth-order valence-electron chi connectivity index (χ4n) is 3.38. The van der Waals surface area contributed by atoms with Gasteiger partial charge in [0, 0.05) is 37.6 Å². The maximum Gasteiger partial charge on any atom is 0.252 e. The smallest absolute Gasteiger partial charge is 0.252 e. The van der Waals surface area contributed by atoms with E-state index in [0.717, 1.165) is 24.2 Å². The Hall–Kier alpha value is -3.70. The number of benzene rings is 1. The standard InChI is InChI=1S/C24H24FN5O2/c25-22-7-4-18(5-8-22)3-6-20-14-21(17-27-23(20)30-10-12-32-13-11-30)24(31)26-9-1-2-19-15-28-29-16-19/h4-5,7-8,14-17H,1-2,9-13H2,(H,26,31)(H,28,29). The van der Waals surface area contributed by atoms with E-state index in [-0.39, 0.29) is 11.7 Å².